The van der Waals surface area contributed by atoms with Crippen LogP contribution in [0.15, 0.2) is 67.0 Å². The first-order chi connectivity index (χ1) is 22.2. The number of alkyl carbamates (subject to hydrolysis) is 1. The van der Waals surface area contributed by atoms with Crippen LogP contribution in [0.3, 0.4) is 0 Å². The van der Waals surface area contributed by atoms with Crippen molar-refractivity contribution in [1.29, 1.82) is 0 Å². The number of benzene rings is 3. The average Bonchev–Trinajstić information content (AvgIpc) is 3.64. The zero-order chi connectivity index (χ0) is 32.2. The predicted molar refractivity (Wildman–Crippen MR) is 186 cm³/mol. The zero-order valence-corrected chi connectivity index (χ0v) is 26.0. The molecule has 0 saturated carbocycles. The molecule has 2 aromatic heterocycles. The Kier molecular flexibility index (Phi) is 12.0. The first kappa shape index (κ1) is 36.2. The SMILES string of the molecule is C.C.C[C@@H](Cn1ncc2ccc3c(c21)C[C@@H](O)CO3)NC(=O)OCc1ccccc1.C[C@H](N)Cn1ncc2ccc3c(c21)C[C@@H](O)CO3. The number of aliphatic hydroxyl groups excluding tert-OH is 2. The summed E-state index contributed by atoms with van der Waals surface area (Å²) in [6.45, 7) is 5.89. The summed E-state index contributed by atoms with van der Waals surface area (Å²) in [5.41, 5.74) is 10.7. The molecule has 48 heavy (non-hydrogen) atoms. The van der Waals surface area contributed by atoms with Crippen molar-refractivity contribution in [2.75, 3.05) is 13.2 Å². The van der Waals surface area contributed by atoms with Gasteiger partial charge in [-0.1, -0.05) is 45.2 Å². The van der Waals surface area contributed by atoms with E-state index in [-0.39, 0.29) is 33.5 Å². The van der Waals surface area contributed by atoms with E-state index < -0.39 is 18.3 Å². The minimum absolute atomic E-state index is 0. The van der Waals surface area contributed by atoms with E-state index in [0.29, 0.717) is 39.1 Å². The Morgan fingerprint density at radius 3 is 1.92 bits per heavy atom. The molecular formula is C36H48N6O6. The maximum Gasteiger partial charge on any atom is 0.407 e. The Bertz CT molecular complexity index is 1800. The van der Waals surface area contributed by atoms with Crippen LogP contribution < -0.4 is 20.5 Å². The van der Waals surface area contributed by atoms with Gasteiger partial charge in [0.2, 0.25) is 0 Å². The Morgan fingerprint density at radius 1 is 0.875 bits per heavy atom. The van der Waals surface area contributed by atoms with Gasteiger partial charge in [0.1, 0.15) is 31.3 Å². The first-order valence-corrected chi connectivity index (χ1v) is 15.5. The van der Waals surface area contributed by atoms with Gasteiger partial charge in [0.25, 0.3) is 0 Å². The van der Waals surface area contributed by atoms with E-state index in [1.165, 1.54) is 0 Å². The standard InChI is InChI=1S/C21H23N3O4.C13H17N3O2.2CH4/c1-14(23-21(26)28-12-15-5-3-2-4-6-15)11-24-20-16(10-22-24)7-8-19-18(20)9-17(25)13-27-19;1-8(14)6-16-13-9(5-15-16)2-3-12-11(13)4-10(17)7-18-12;;/h2-8,10,14,17,25H,9,11-13H2,1H3,(H,23,26);2-3,5,8,10,17H,4,6-7,14H2,1H3;2*1H4/t14-,17+;8-,10+;;/m00../s1. The highest BCUT2D eigenvalue weighted by Gasteiger charge is 2.24. The van der Waals surface area contributed by atoms with Gasteiger partial charge in [-0.2, -0.15) is 10.2 Å². The lowest BCUT2D eigenvalue weighted by atomic mass is 10.0. The molecule has 3 aromatic carbocycles. The number of nitrogens with one attached hydrogen (secondary N) is 1. The predicted octanol–water partition coefficient (Wildman–Crippen LogP) is 4.60. The normalized spacial score (nSPS) is 17.5. The van der Waals surface area contributed by atoms with E-state index in [1.54, 1.807) is 6.20 Å². The van der Waals surface area contributed by atoms with Crippen LogP contribution in [0.5, 0.6) is 11.5 Å². The molecule has 0 unspecified atom stereocenters. The number of aromatic nitrogens is 4. The molecule has 0 saturated heterocycles. The van der Waals surface area contributed by atoms with Crippen molar-refractivity contribution >= 4 is 27.9 Å². The smallest absolute Gasteiger partial charge is 0.407 e. The molecule has 12 nitrogen and oxygen atoms in total. The van der Waals surface area contributed by atoms with Crippen LogP contribution in [0.2, 0.25) is 0 Å². The molecule has 12 heteroatoms. The molecule has 2 aliphatic rings. The fourth-order valence-corrected chi connectivity index (χ4v) is 5.92. The Labute approximate surface area is 281 Å². The first-order valence-electron chi connectivity index (χ1n) is 15.5. The molecule has 5 N–H and O–H groups in total. The summed E-state index contributed by atoms with van der Waals surface area (Å²) >= 11 is 0. The van der Waals surface area contributed by atoms with Gasteiger partial charge in [-0.3, -0.25) is 9.36 Å². The van der Waals surface area contributed by atoms with E-state index in [9.17, 15) is 15.0 Å². The molecular weight excluding hydrogens is 612 g/mol. The van der Waals surface area contributed by atoms with E-state index in [1.807, 2.05) is 84.0 Å². The molecule has 0 radical (unpaired) electrons. The van der Waals surface area contributed by atoms with Gasteiger partial charge in [-0.05, 0) is 43.7 Å². The molecule has 4 atom stereocenters. The summed E-state index contributed by atoms with van der Waals surface area (Å²) in [7, 11) is 0. The molecule has 5 aromatic rings. The molecule has 0 bridgehead atoms. The molecule has 0 aliphatic carbocycles. The lowest BCUT2D eigenvalue weighted by molar-refractivity contribution is 0.0925. The van der Waals surface area contributed by atoms with Crippen LogP contribution >= 0.6 is 0 Å². The molecule has 258 valence electrons. The number of nitrogens with two attached hydrogens (primary N) is 1. The Morgan fingerprint density at radius 2 is 1.40 bits per heavy atom. The second-order valence-corrected chi connectivity index (χ2v) is 12.0. The topological polar surface area (TPSA) is 159 Å². The lowest BCUT2D eigenvalue weighted by Crippen LogP contribution is -2.36. The molecule has 4 heterocycles. The quantitative estimate of drug-likeness (QED) is 0.196. The highest BCUT2D eigenvalue weighted by Crippen LogP contribution is 2.33. The summed E-state index contributed by atoms with van der Waals surface area (Å²) < 4.78 is 20.2. The van der Waals surface area contributed by atoms with E-state index in [0.717, 1.165) is 50.0 Å². The third kappa shape index (κ3) is 8.25. The van der Waals surface area contributed by atoms with Crippen molar-refractivity contribution in [3.8, 4) is 11.5 Å². The van der Waals surface area contributed by atoms with Crippen LogP contribution in [0.4, 0.5) is 4.79 Å². The highest BCUT2D eigenvalue weighted by molar-refractivity contribution is 5.85. The number of aliphatic hydroxyl groups is 2. The zero-order valence-electron chi connectivity index (χ0n) is 26.0. The van der Waals surface area contributed by atoms with Gasteiger partial charge >= 0.3 is 6.09 Å². The number of carbonyl (C=O) groups is 1. The summed E-state index contributed by atoms with van der Waals surface area (Å²) in [6, 6.07) is 17.2. The summed E-state index contributed by atoms with van der Waals surface area (Å²) in [6.07, 6.45) is 3.33. The number of fused-ring (bicyclic) bond motifs is 6. The van der Waals surface area contributed by atoms with Crippen molar-refractivity contribution in [3.05, 3.63) is 83.7 Å². The third-order valence-corrected chi connectivity index (χ3v) is 7.96. The van der Waals surface area contributed by atoms with Crippen molar-refractivity contribution in [2.24, 2.45) is 5.73 Å². The lowest BCUT2D eigenvalue weighted by Gasteiger charge is -2.23. The van der Waals surface area contributed by atoms with Crippen LogP contribution in [-0.2, 0) is 37.3 Å². The monoisotopic (exact) mass is 660 g/mol. The van der Waals surface area contributed by atoms with Gasteiger partial charge < -0.3 is 35.5 Å². The molecule has 0 fully saturated rings. The van der Waals surface area contributed by atoms with Crippen molar-refractivity contribution in [3.63, 3.8) is 0 Å². The Balaban J connectivity index is 0.000000226. The van der Waals surface area contributed by atoms with Crippen molar-refractivity contribution in [1.82, 2.24) is 24.9 Å². The average molecular weight is 661 g/mol. The molecule has 2 aliphatic heterocycles. The van der Waals surface area contributed by atoms with Crippen molar-refractivity contribution in [2.45, 2.75) is 85.5 Å². The maximum absolute atomic E-state index is 12.1. The van der Waals surface area contributed by atoms with Crippen LogP contribution in [0.1, 0.15) is 45.4 Å². The fourth-order valence-electron chi connectivity index (χ4n) is 5.92. The van der Waals surface area contributed by atoms with Crippen molar-refractivity contribution < 1.29 is 29.2 Å². The van der Waals surface area contributed by atoms with Gasteiger partial charge in [0.05, 0.1) is 48.7 Å². The third-order valence-electron chi connectivity index (χ3n) is 7.96. The number of hydrogen-bond donors (Lipinski definition) is 4. The second kappa shape index (κ2) is 16.0. The van der Waals surface area contributed by atoms with Crippen LogP contribution in [0.25, 0.3) is 21.8 Å². The summed E-state index contributed by atoms with van der Waals surface area (Å²) in [5, 5.41) is 33.4. The number of carbonyl (C=O) groups excluding carboxylic acids is 1. The molecule has 0 spiro atoms. The number of amides is 1. The Hall–Kier alpha value is -4.65. The molecule has 1 amide bonds. The molecule has 7 rings (SSSR count). The minimum Gasteiger partial charge on any atom is -0.491 e. The van der Waals surface area contributed by atoms with Crippen LogP contribution in [0, 0.1) is 0 Å². The van der Waals surface area contributed by atoms with Gasteiger partial charge in [0.15, 0.2) is 0 Å². The highest BCUT2D eigenvalue weighted by atomic mass is 16.5. The summed E-state index contributed by atoms with van der Waals surface area (Å²) in [4.78, 5) is 12.1. The number of rotatable bonds is 7. The van der Waals surface area contributed by atoms with E-state index >= 15 is 0 Å². The van der Waals surface area contributed by atoms with E-state index in [4.69, 9.17) is 19.9 Å². The number of nitrogens with zero attached hydrogens (tertiary/aromatic N) is 4. The van der Waals surface area contributed by atoms with Gasteiger partial charge in [-0.15, -0.1) is 0 Å². The van der Waals surface area contributed by atoms with E-state index in [2.05, 4.69) is 15.5 Å². The number of hydrogen-bond acceptors (Lipinski definition) is 9. The minimum atomic E-state index is -0.523. The maximum atomic E-state index is 12.1. The van der Waals surface area contributed by atoms with Gasteiger partial charge in [0, 0.05) is 46.8 Å². The summed E-state index contributed by atoms with van der Waals surface area (Å²) in [5.74, 6) is 1.63. The van der Waals surface area contributed by atoms with Gasteiger partial charge in [-0.25, -0.2) is 4.79 Å². The fraction of sp³-hybridized carbons (Fsp3) is 0.417. The second-order valence-electron chi connectivity index (χ2n) is 12.0. The number of ether oxygens (including phenoxy) is 3. The largest absolute Gasteiger partial charge is 0.491 e. The van der Waals surface area contributed by atoms with Crippen LogP contribution in [-0.4, -0.2) is 73.4 Å².